The maximum atomic E-state index is 14.3. The van der Waals surface area contributed by atoms with Crippen molar-refractivity contribution in [2.45, 2.75) is 137 Å². The minimum atomic E-state index is -1.04. The molecule has 0 spiro atoms. The monoisotopic (exact) mass is 813 g/mol. The Morgan fingerprint density at radius 1 is 0.947 bits per heavy atom. The first-order valence-electron chi connectivity index (χ1n) is 20.1. The number of nitrogens with one attached hydrogen (secondary N) is 1. The molecular weight excluding hydrogens is 747 g/mol. The fourth-order valence-electron chi connectivity index (χ4n) is 7.11. The first-order valence-corrected chi connectivity index (χ1v) is 21.1. The van der Waals surface area contributed by atoms with Gasteiger partial charge in [-0.15, -0.1) is 11.8 Å². The predicted molar refractivity (Wildman–Crippen MR) is 225 cm³/mol. The van der Waals surface area contributed by atoms with E-state index in [9.17, 15) is 29.1 Å². The number of cyclic esters (lactones) is 1. The zero-order valence-electron chi connectivity index (χ0n) is 36.3. The lowest BCUT2D eigenvalue weighted by Crippen LogP contribution is -2.59. The molecule has 0 saturated heterocycles. The summed E-state index contributed by atoms with van der Waals surface area (Å²) in [5.74, 6) is -1.43. The van der Waals surface area contributed by atoms with Crippen LogP contribution in [0.25, 0.3) is 0 Å². The van der Waals surface area contributed by atoms with E-state index in [2.05, 4.69) is 5.32 Å². The molecule has 13 nitrogen and oxygen atoms in total. The van der Waals surface area contributed by atoms with Crippen molar-refractivity contribution in [3.8, 4) is 5.75 Å². The number of nitrogens with zero attached hydrogens (tertiary/aromatic N) is 4. The van der Waals surface area contributed by atoms with Crippen molar-refractivity contribution in [2.24, 2.45) is 22.2 Å². The Morgan fingerprint density at radius 2 is 1.56 bits per heavy atom. The number of hydrogen-bond donors (Lipinski definition) is 2. The summed E-state index contributed by atoms with van der Waals surface area (Å²) in [6.45, 7) is 16.7. The number of esters is 1. The number of ether oxygens (including phenoxy) is 2. The summed E-state index contributed by atoms with van der Waals surface area (Å²) in [6, 6.07) is 2.95. The number of carbonyl (C=O) groups excluding carboxylic acids is 5. The van der Waals surface area contributed by atoms with Gasteiger partial charge in [0.05, 0.1) is 24.3 Å². The van der Waals surface area contributed by atoms with Crippen LogP contribution >= 0.6 is 11.8 Å². The smallest absolute Gasteiger partial charge is 0.328 e. The van der Waals surface area contributed by atoms with Crippen LogP contribution in [0.1, 0.15) is 93.6 Å². The molecule has 0 saturated carbocycles. The number of fused-ring (bicyclic) bond motifs is 1. The Bertz CT molecular complexity index is 1640. The molecule has 0 aromatic heterocycles. The van der Waals surface area contributed by atoms with E-state index in [4.69, 9.17) is 14.5 Å². The normalized spacial score (nSPS) is 30.1. The predicted octanol–water partition coefficient (Wildman–Crippen LogP) is 4.89. The van der Waals surface area contributed by atoms with Gasteiger partial charge in [0.2, 0.25) is 23.6 Å². The SMILES string of the molecule is CC[C@H](C)[C@H]1C(=O)N(C)[C@@H](C)C(=O)O[C@H](C(C)(C)C)C[C@@H](C)C[C@H](O)CC2=N[C@@H](/C=C(\C)C(=O)N[C@@H](Cc3ccc(OC)cc3)C(=O)N(C)[C@@H](C)C(=O)N1C)CS2. The molecule has 14 heteroatoms. The molecule has 9 atom stereocenters. The second-order valence-electron chi connectivity index (χ2n) is 17.1. The summed E-state index contributed by atoms with van der Waals surface area (Å²) >= 11 is 1.54. The average molecular weight is 814 g/mol. The average Bonchev–Trinajstić information content (AvgIpc) is 3.60. The van der Waals surface area contributed by atoms with Crippen LogP contribution in [-0.2, 0) is 35.1 Å². The van der Waals surface area contributed by atoms with E-state index in [1.165, 1.54) is 28.8 Å². The van der Waals surface area contributed by atoms with Gasteiger partial charge in [-0.05, 0) is 68.6 Å². The Morgan fingerprint density at radius 3 is 2.14 bits per heavy atom. The summed E-state index contributed by atoms with van der Waals surface area (Å²) in [6.07, 6.45) is 2.65. The molecule has 3 rings (SSSR count). The van der Waals surface area contributed by atoms with Gasteiger partial charge in [0.15, 0.2) is 0 Å². The number of carbonyl (C=O) groups is 5. The second-order valence-corrected chi connectivity index (χ2v) is 18.2. The van der Waals surface area contributed by atoms with E-state index in [0.717, 1.165) is 10.6 Å². The summed E-state index contributed by atoms with van der Waals surface area (Å²) in [5.41, 5.74) is 0.737. The molecular formula is C43H67N5O8S. The molecule has 0 radical (unpaired) electrons. The van der Waals surface area contributed by atoms with E-state index in [1.54, 1.807) is 64.9 Å². The fraction of sp³-hybridized carbons (Fsp3) is 0.674. The number of benzene rings is 1. The lowest BCUT2D eigenvalue weighted by molar-refractivity contribution is -0.166. The first-order chi connectivity index (χ1) is 26.6. The van der Waals surface area contributed by atoms with Crippen molar-refractivity contribution in [1.82, 2.24) is 20.0 Å². The van der Waals surface area contributed by atoms with Gasteiger partial charge in [0.25, 0.3) is 0 Å². The van der Waals surface area contributed by atoms with Crippen molar-refractivity contribution in [3.63, 3.8) is 0 Å². The number of amides is 4. The number of aliphatic hydroxyl groups excluding tert-OH is 1. The van der Waals surface area contributed by atoms with Crippen LogP contribution in [0.15, 0.2) is 40.9 Å². The minimum Gasteiger partial charge on any atom is -0.497 e. The Hall–Kier alpha value is -3.91. The molecule has 0 fully saturated rings. The molecule has 2 bridgehead atoms. The van der Waals surface area contributed by atoms with Crippen LogP contribution in [0.4, 0.5) is 0 Å². The number of methoxy groups -OCH3 is 1. The first kappa shape index (κ1) is 47.5. The summed E-state index contributed by atoms with van der Waals surface area (Å²) in [5, 5.41) is 14.8. The maximum Gasteiger partial charge on any atom is 0.328 e. The molecule has 2 N–H and O–H groups in total. The van der Waals surface area contributed by atoms with Crippen LogP contribution in [0, 0.1) is 17.3 Å². The maximum absolute atomic E-state index is 14.3. The third-order valence-electron chi connectivity index (χ3n) is 11.4. The van der Waals surface area contributed by atoms with E-state index < -0.39 is 71.4 Å². The van der Waals surface area contributed by atoms with Gasteiger partial charge in [-0.1, -0.05) is 66.2 Å². The molecule has 4 amide bonds. The lowest BCUT2D eigenvalue weighted by atomic mass is 9.82. The number of aliphatic hydroxyl groups is 1. The largest absolute Gasteiger partial charge is 0.497 e. The second kappa shape index (κ2) is 20.7. The van der Waals surface area contributed by atoms with E-state index in [1.807, 2.05) is 53.7 Å². The van der Waals surface area contributed by atoms with Crippen LogP contribution in [0.3, 0.4) is 0 Å². The van der Waals surface area contributed by atoms with Crippen LogP contribution < -0.4 is 10.1 Å². The molecule has 0 aliphatic carbocycles. The minimum absolute atomic E-state index is 0.00190. The zero-order valence-corrected chi connectivity index (χ0v) is 37.1. The van der Waals surface area contributed by atoms with Crippen molar-refractivity contribution < 1.29 is 38.6 Å². The molecule has 1 aromatic rings. The van der Waals surface area contributed by atoms with Gasteiger partial charge in [-0.3, -0.25) is 24.2 Å². The third kappa shape index (κ3) is 12.8. The lowest BCUT2D eigenvalue weighted by Gasteiger charge is -2.39. The summed E-state index contributed by atoms with van der Waals surface area (Å²) in [7, 11) is 6.15. The highest BCUT2D eigenvalue weighted by atomic mass is 32.2. The van der Waals surface area contributed by atoms with Gasteiger partial charge < -0.3 is 34.6 Å². The Kier molecular flexibility index (Phi) is 17.2. The van der Waals surface area contributed by atoms with Crippen molar-refractivity contribution in [3.05, 3.63) is 41.5 Å². The third-order valence-corrected chi connectivity index (χ3v) is 12.5. The quantitative estimate of drug-likeness (QED) is 0.395. The van der Waals surface area contributed by atoms with Gasteiger partial charge in [-0.25, -0.2) is 4.79 Å². The fourth-order valence-corrected chi connectivity index (χ4v) is 8.16. The van der Waals surface area contributed by atoms with Crippen molar-refractivity contribution in [1.29, 1.82) is 0 Å². The van der Waals surface area contributed by atoms with Crippen LogP contribution in [0.2, 0.25) is 0 Å². The highest BCUT2D eigenvalue weighted by Crippen LogP contribution is 2.32. The number of rotatable bonds is 5. The standard InChI is InChI=1S/C43H67N5O8S/c1-14-26(3)37-41(53)47(11)29(6)42(54)56-35(43(7,8)9)20-25(2)19-32(49)23-36-44-31(24-57-36)21-27(4)38(50)45-34(22-30-15-17-33(55-13)18-16-30)40(52)46(10)28(5)39(51)48(37)12/h15-18,21,25-26,28-29,31-32,34-35,37,49H,14,19-20,22-24H2,1-13H3,(H,45,50)/b27-21+/t25-,26-,28-,29-,31-,32-,34-,35-,37-/m0/s1. The van der Waals surface area contributed by atoms with Crippen LogP contribution in [0.5, 0.6) is 5.75 Å². The summed E-state index contributed by atoms with van der Waals surface area (Å²) < 4.78 is 11.4. The van der Waals surface area contributed by atoms with Gasteiger partial charge in [0, 0.05) is 45.3 Å². The van der Waals surface area contributed by atoms with Crippen LogP contribution in [-0.4, -0.2) is 131 Å². The molecule has 0 unspecified atom stereocenters. The van der Waals surface area contributed by atoms with Crippen molar-refractivity contribution >= 4 is 46.4 Å². The Labute approximate surface area is 344 Å². The Balaban J connectivity index is 2.06. The topological polar surface area (TPSA) is 158 Å². The molecule has 2 aliphatic heterocycles. The molecule has 318 valence electrons. The number of hydrogen-bond acceptors (Lipinski definition) is 10. The van der Waals surface area contributed by atoms with E-state index >= 15 is 0 Å². The molecule has 1 aromatic carbocycles. The highest BCUT2D eigenvalue weighted by Gasteiger charge is 2.41. The van der Waals surface area contributed by atoms with Gasteiger partial charge in [0.1, 0.15) is 36.0 Å². The highest BCUT2D eigenvalue weighted by molar-refractivity contribution is 8.14. The van der Waals surface area contributed by atoms with Crippen molar-refractivity contribution in [2.75, 3.05) is 34.0 Å². The molecule has 2 aliphatic rings. The number of thioether (sulfide) groups is 1. The molecule has 57 heavy (non-hydrogen) atoms. The number of likely N-dealkylation sites (N-methyl/N-ethyl adjacent to an activating group) is 3. The van der Waals surface area contributed by atoms with E-state index in [-0.39, 0.29) is 24.3 Å². The zero-order chi connectivity index (χ0) is 42.9. The number of aliphatic imine (C=N–C) groups is 1. The molecule has 2 heterocycles. The van der Waals surface area contributed by atoms with Gasteiger partial charge >= 0.3 is 5.97 Å². The van der Waals surface area contributed by atoms with E-state index in [0.29, 0.717) is 42.8 Å². The summed E-state index contributed by atoms with van der Waals surface area (Å²) in [4.78, 5) is 79.0. The van der Waals surface area contributed by atoms with Gasteiger partial charge in [-0.2, -0.15) is 0 Å².